The van der Waals surface area contributed by atoms with Gasteiger partial charge in [-0.15, -0.1) is 0 Å². The van der Waals surface area contributed by atoms with E-state index >= 15 is 0 Å². The monoisotopic (exact) mass is 316 g/mol. The Hall–Kier alpha value is -0.290. The predicted molar refractivity (Wildman–Crippen MR) is 75.2 cm³/mol. The van der Waals surface area contributed by atoms with Crippen LogP contribution in [0.5, 0.6) is 0 Å². The van der Waals surface area contributed by atoms with E-state index < -0.39 is 15.9 Å². The van der Waals surface area contributed by atoms with E-state index in [1.54, 1.807) is 0 Å². The van der Waals surface area contributed by atoms with E-state index in [-0.39, 0.29) is 39.5 Å². The third-order valence-electron chi connectivity index (χ3n) is 2.26. The molecule has 0 saturated carbocycles. The van der Waals surface area contributed by atoms with Crippen LogP contribution in [0.3, 0.4) is 0 Å². The molecular formula is C11H28N2O6S. The molecule has 0 aliphatic carbocycles. The van der Waals surface area contributed by atoms with Crippen molar-refractivity contribution >= 4 is 10.1 Å². The lowest BCUT2D eigenvalue weighted by Crippen LogP contribution is -2.36. The SMILES string of the molecule is C[N+](C)(C)CCO.O=S(=O)([O-])CCN(CCO)CCO. The van der Waals surface area contributed by atoms with Crippen LogP contribution in [0, 0.1) is 0 Å². The molecule has 0 amide bonds. The molecule has 0 bridgehead atoms. The summed E-state index contributed by atoms with van der Waals surface area (Å²) in [6, 6.07) is 0. The van der Waals surface area contributed by atoms with E-state index in [9.17, 15) is 13.0 Å². The molecule has 20 heavy (non-hydrogen) atoms. The summed E-state index contributed by atoms with van der Waals surface area (Å²) in [4.78, 5) is 1.51. The molecule has 0 spiro atoms. The molecule has 0 fully saturated rings. The Bertz CT molecular complexity index is 309. The number of nitrogens with zero attached hydrogens (tertiary/aromatic N) is 2. The smallest absolute Gasteiger partial charge is 0.101 e. The van der Waals surface area contributed by atoms with Crippen LogP contribution in [-0.2, 0) is 10.1 Å². The van der Waals surface area contributed by atoms with Crippen LogP contribution in [0.4, 0.5) is 0 Å². The highest BCUT2D eigenvalue weighted by Gasteiger charge is 2.05. The standard InChI is InChI=1S/C6H15NO5S.C5H14NO/c8-4-1-7(2-5-9)3-6-13(10,11)12;1-6(2,3)4-5-7/h8-9H,1-6H2,(H,10,11,12);7H,4-5H2,1-3H3/q;+1/p-1. The highest BCUT2D eigenvalue weighted by molar-refractivity contribution is 7.85. The fraction of sp³-hybridized carbons (Fsp3) is 1.00. The van der Waals surface area contributed by atoms with Crippen molar-refractivity contribution in [3.8, 4) is 0 Å². The minimum Gasteiger partial charge on any atom is -0.748 e. The summed E-state index contributed by atoms with van der Waals surface area (Å²) in [6.07, 6.45) is 0. The molecule has 0 aromatic carbocycles. The normalized spacial score (nSPS) is 12.2. The van der Waals surface area contributed by atoms with Crippen LogP contribution >= 0.6 is 0 Å². The Morgan fingerprint density at radius 2 is 1.40 bits per heavy atom. The van der Waals surface area contributed by atoms with Gasteiger partial charge in [-0.1, -0.05) is 0 Å². The van der Waals surface area contributed by atoms with Crippen molar-refractivity contribution in [2.24, 2.45) is 0 Å². The van der Waals surface area contributed by atoms with Gasteiger partial charge in [0.05, 0.1) is 56.8 Å². The van der Waals surface area contributed by atoms with Gasteiger partial charge in [0, 0.05) is 19.6 Å². The van der Waals surface area contributed by atoms with Crippen LogP contribution < -0.4 is 0 Å². The lowest BCUT2D eigenvalue weighted by molar-refractivity contribution is -0.870. The van der Waals surface area contributed by atoms with Crippen molar-refractivity contribution in [1.29, 1.82) is 0 Å². The van der Waals surface area contributed by atoms with Crippen LogP contribution in [0.15, 0.2) is 0 Å². The Kier molecular flexibility index (Phi) is 12.5. The quantitative estimate of drug-likeness (QED) is 0.318. The van der Waals surface area contributed by atoms with Crippen molar-refractivity contribution in [3.63, 3.8) is 0 Å². The minimum atomic E-state index is -4.21. The van der Waals surface area contributed by atoms with Gasteiger partial charge in [-0.3, -0.25) is 4.90 Å². The van der Waals surface area contributed by atoms with E-state index in [2.05, 4.69) is 21.1 Å². The van der Waals surface area contributed by atoms with Gasteiger partial charge >= 0.3 is 0 Å². The van der Waals surface area contributed by atoms with Gasteiger partial charge in [-0.25, -0.2) is 8.42 Å². The van der Waals surface area contributed by atoms with Crippen LogP contribution in [0.1, 0.15) is 0 Å². The molecule has 0 heterocycles. The summed E-state index contributed by atoms with van der Waals surface area (Å²) < 4.78 is 31.6. The average molecular weight is 316 g/mol. The minimum absolute atomic E-state index is 0.0486. The Labute approximate surface area is 121 Å². The van der Waals surface area contributed by atoms with Gasteiger partial charge in [-0.2, -0.15) is 0 Å². The fourth-order valence-electron chi connectivity index (χ4n) is 1.16. The third-order valence-corrected chi connectivity index (χ3v) is 2.94. The van der Waals surface area contributed by atoms with E-state index in [1.165, 1.54) is 4.90 Å². The van der Waals surface area contributed by atoms with E-state index in [0.717, 1.165) is 11.0 Å². The van der Waals surface area contributed by atoms with Crippen molar-refractivity contribution in [2.75, 3.05) is 72.9 Å². The lowest BCUT2D eigenvalue weighted by Gasteiger charge is -2.21. The molecule has 3 N–H and O–H groups in total. The van der Waals surface area contributed by atoms with E-state index in [4.69, 9.17) is 15.3 Å². The second kappa shape index (κ2) is 11.4. The predicted octanol–water partition coefficient (Wildman–Crippen LogP) is -2.50. The molecule has 0 aromatic heterocycles. The molecule has 0 aliphatic rings. The largest absolute Gasteiger partial charge is 0.748 e. The number of likely N-dealkylation sites (N-methyl/N-ethyl adjacent to an activating group) is 1. The molecule has 0 atom stereocenters. The number of rotatable bonds is 9. The first-order valence-corrected chi connectivity index (χ1v) is 7.92. The fourth-order valence-corrected chi connectivity index (χ4v) is 1.64. The van der Waals surface area contributed by atoms with Crippen molar-refractivity contribution in [3.05, 3.63) is 0 Å². The second-order valence-electron chi connectivity index (χ2n) is 5.29. The molecule has 124 valence electrons. The number of aliphatic hydroxyl groups excluding tert-OH is 3. The number of hydrogen-bond acceptors (Lipinski definition) is 7. The van der Waals surface area contributed by atoms with E-state index in [0.29, 0.717) is 0 Å². The zero-order valence-electron chi connectivity index (χ0n) is 12.5. The van der Waals surface area contributed by atoms with Gasteiger partial charge in [0.15, 0.2) is 0 Å². The average Bonchev–Trinajstić information content (AvgIpc) is 2.25. The number of hydrogen-bond donors (Lipinski definition) is 3. The number of aliphatic hydroxyl groups is 3. The van der Waals surface area contributed by atoms with Crippen LogP contribution in [-0.4, -0.2) is 111 Å². The highest BCUT2D eigenvalue weighted by Crippen LogP contribution is 1.90. The van der Waals surface area contributed by atoms with Gasteiger partial charge < -0.3 is 24.4 Å². The molecular weight excluding hydrogens is 288 g/mol. The maximum atomic E-state index is 10.2. The van der Waals surface area contributed by atoms with Gasteiger partial charge in [0.25, 0.3) is 0 Å². The second-order valence-corrected chi connectivity index (χ2v) is 6.81. The number of quaternary nitrogens is 1. The van der Waals surface area contributed by atoms with Gasteiger partial charge in [0.2, 0.25) is 0 Å². The van der Waals surface area contributed by atoms with Crippen molar-refractivity contribution in [2.45, 2.75) is 0 Å². The Balaban J connectivity index is 0. The topological polar surface area (TPSA) is 121 Å². The maximum Gasteiger partial charge on any atom is 0.101 e. The first kappa shape index (κ1) is 22.0. The molecule has 0 aromatic rings. The highest BCUT2D eigenvalue weighted by atomic mass is 32.2. The molecule has 0 saturated heterocycles. The summed E-state index contributed by atoms with van der Waals surface area (Å²) in [7, 11) is 1.94. The van der Waals surface area contributed by atoms with Crippen molar-refractivity contribution < 1.29 is 32.8 Å². The van der Waals surface area contributed by atoms with Gasteiger partial charge in [0.1, 0.15) is 6.54 Å². The van der Waals surface area contributed by atoms with Crippen LogP contribution in [0.2, 0.25) is 0 Å². The summed E-state index contributed by atoms with van der Waals surface area (Å²) in [5, 5.41) is 25.5. The molecule has 9 heteroatoms. The molecule has 0 rings (SSSR count). The molecule has 8 nitrogen and oxygen atoms in total. The molecule has 0 radical (unpaired) electrons. The van der Waals surface area contributed by atoms with Crippen molar-refractivity contribution in [1.82, 2.24) is 4.90 Å². The molecule has 0 unspecified atom stereocenters. The maximum absolute atomic E-state index is 10.2. The molecule has 0 aliphatic heterocycles. The summed E-state index contributed by atoms with van der Waals surface area (Å²) in [6.45, 7) is 1.43. The van der Waals surface area contributed by atoms with Crippen LogP contribution in [0.25, 0.3) is 0 Å². The Morgan fingerprint density at radius 3 is 1.60 bits per heavy atom. The third kappa shape index (κ3) is 20.0. The Morgan fingerprint density at radius 1 is 0.950 bits per heavy atom. The lowest BCUT2D eigenvalue weighted by atomic mass is 10.5. The first-order chi connectivity index (χ1) is 9.05. The summed E-state index contributed by atoms with van der Waals surface area (Å²) in [5.41, 5.74) is 0. The zero-order valence-corrected chi connectivity index (χ0v) is 13.3. The van der Waals surface area contributed by atoms with E-state index in [1.807, 2.05) is 0 Å². The first-order valence-electron chi connectivity index (χ1n) is 6.34. The summed E-state index contributed by atoms with van der Waals surface area (Å²) in [5.74, 6) is -0.493. The zero-order chi connectivity index (χ0) is 16.2. The summed E-state index contributed by atoms with van der Waals surface area (Å²) >= 11 is 0. The van der Waals surface area contributed by atoms with Gasteiger partial charge in [-0.05, 0) is 0 Å².